The molecule has 1 N–H and O–H groups in total. The summed E-state index contributed by atoms with van der Waals surface area (Å²) in [4.78, 5) is 0. The second-order valence-electron chi connectivity index (χ2n) is 5.76. The van der Waals surface area contributed by atoms with Crippen LogP contribution in [0.5, 0.6) is 5.75 Å². The summed E-state index contributed by atoms with van der Waals surface area (Å²) in [6, 6.07) is 7.99. The predicted molar refractivity (Wildman–Crippen MR) is 73.9 cm³/mol. The molecule has 0 atom stereocenters. The summed E-state index contributed by atoms with van der Waals surface area (Å²) in [5, 5.41) is 4.49. The second-order valence-corrected chi connectivity index (χ2v) is 5.76. The molecule has 0 spiro atoms. The molecule has 2 aromatic rings. The van der Waals surface area contributed by atoms with Gasteiger partial charge in [0.05, 0.1) is 13.7 Å². The summed E-state index contributed by atoms with van der Waals surface area (Å²) >= 11 is 0. The molecule has 0 aliphatic heterocycles. The molecule has 1 aromatic heterocycles. The van der Waals surface area contributed by atoms with Crippen LogP contribution in [0, 0.1) is 5.41 Å². The molecule has 1 aromatic carbocycles. The van der Waals surface area contributed by atoms with Crippen molar-refractivity contribution in [2.45, 2.75) is 27.3 Å². The van der Waals surface area contributed by atoms with Gasteiger partial charge in [0.2, 0.25) is 0 Å². The molecule has 0 amide bonds. The van der Waals surface area contributed by atoms with Gasteiger partial charge in [0.15, 0.2) is 11.3 Å². The van der Waals surface area contributed by atoms with Crippen molar-refractivity contribution in [3.63, 3.8) is 0 Å². The topological polar surface area (TPSA) is 34.4 Å². The Kier molecular flexibility index (Phi) is 3.62. The van der Waals surface area contributed by atoms with Gasteiger partial charge in [-0.05, 0) is 17.5 Å². The summed E-state index contributed by atoms with van der Waals surface area (Å²) in [6.07, 6.45) is 0. The van der Waals surface area contributed by atoms with Gasteiger partial charge in [-0.25, -0.2) is 0 Å². The average Bonchev–Trinajstić information content (AvgIpc) is 2.69. The highest BCUT2D eigenvalue weighted by Crippen LogP contribution is 2.28. The Morgan fingerprint density at radius 2 is 2.06 bits per heavy atom. The van der Waals surface area contributed by atoms with Gasteiger partial charge in [-0.1, -0.05) is 32.9 Å². The number of fused-ring (bicyclic) bond motifs is 1. The van der Waals surface area contributed by atoms with Crippen molar-refractivity contribution in [3.8, 4) is 5.75 Å². The van der Waals surface area contributed by atoms with Gasteiger partial charge >= 0.3 is 0 Å². The Hall–Kier alpha value is -1.48. The van der Waals surface area contributed by atoms with Crippen molar-refractivity contribution in [2.24, 2.45) is 5.41 Å². The zero-order chi connectivity index (χ0) is 13.2. The van der Waals surface area contributed by atoms with Crippen LogP contribution < -0.4 is 10.1 Å². The smallest absolute Gasteiger partial charge is 0.176 e. The molecule has 18 heavy (non-hydrogen) atoms. The number of benzene rings is 1. The number of furan rings is 1. The van der Waals surface area contributed by atoms with E-state index in [1.54, 1.807) is 7.11 Å². The largest absolute Gasteiger partial charge is 0.493 e. The quantitative estimate of drug-likeness (QED) is 0.896. The van der Waals surface area contributed by atoms with Gasteiger partial charge in [-0.2, -0.15) is 0 Å². The van der Waals surface area contributed by atoms with E-state index in [2.05, 4.69) is 32.2 Å². The number of hydrogen-bond acceptors (Lipinski definition) is 3. The lowest BCUT2D eigenvalue weighted by atomic mass is 9.97. The first-order valence-corrected chi connectivity index (χ1v) is 6.26. The zero-order valence-corrected chi connectivity index (χ0v) is 11.5. The van der Waals surface area contributed by atoms with Crippen molar-refractivity contribution in [1.29, 1.82) is 0 Å². The Morgan fingerprint density at radius 3 is 2.72 bits per heavy atom. The third kappa shape index (κ3) is 3.05. The SMILES string of the molecule is COc1cccc2cc(CNCC(C)(C)C)oc12. The standard InChI is InChI=1S/C15H21NO2/c1-15(2,3)10-16-9-12-8-11-6-5-7-13(17-4)14(11)18-12/h5-8,16H,9-10H2,1-4H3. The molecule has 0 saturated carbocycles. The molecule has 0 radical (unpaired) electrons. The number of nitrogens with one attached hydrogen (secondary N) is 1. The molecule has 98 valence electrons. The summed E-state index contributed by atoms with van der Waals surface area (Å²) in [5.74, 6) is 1.73. The number of methoxy groups -OCH3 is 1. The van der Waals surface area contributed by atoms with Gasteiger partial charge in [0.1, 0.15) is 5.76 Å². The van der Waals surface area contributed by atoms with Crippen LogP contribution in [0.1, 0.15) is 26.5 Å². The van der Waals surface area contributed by atoms with Gasteiger partial charge in [-0.15, -0.1) is 0 Å². The third-order valence-electron chi connectivity index (χ3n) is 2.73. The first-order valence-electron chi connectivity index (χ1n) is 6.26. The Morgan fingerprint density at radius 1 is 1.28 bits per heavy atom. The second kappa shape index (κ2) is 5.02. The maximum Gasteiger partial charge on any atom is 0.176 e. The van der Waals surface area contributed by atoms with E-state index in [1.165, 1.54) is 0 Å². The van der Waals surface area contributed by atoms with E-state index in [4.69, 9.17) is 9.15 Å². The molecule has 3 nitrogen and oxygen atoms in total. The van der Waals surface area contributed by atoms with Crippen LogP contribution in [0.25, 0.3) is 11.0 Å². The molecule has 2 rings (SSSR count). The van der Waals surface area contributed by atoms with Gasteiger partial charge in [0, 0.05) is 11.9 Å². The van der Waals surface area contributed by atoms with E-state index >= 15 is 0 Å². The maximum absolute atomic E-state index is 5.82. The van der Waals surface area contributed by atoms with Crippen LogP contribution in [0.15, 0.2) is 28.7 Å². The third-order valence-corrected chi connectivity index (χ3v) is 2.73. The van der Waals surface area contributed by atoms with Crippen molar-refractivity contribution in [3.05, 3.63) is 30.0 Å². The van der Waals surface area contributed by atoms with E-state index in [9.17, 15) is 0 Å². The maximum atomic E-state index is 5.82. The minimum Gasteiger partial charge on any atom is -0.493 e. The lowest BCUT2D eigenvalue weighted by Crippen LogP contribution is -2.26. The molecule has 0 bridgehead atoms. The molecule has 0 aliphatic carbocycles. The molecule has 0 fully saturated rings. The minimum absolute atomic E-state index is 0.281. The van der Waals surface area contributed by atoms with E-state index in [0.29, 0.717) is 0 Å². The Bertz CT molecular complexity index is 523. The van der Waals surface area contributed by atoms with Crippen LogP contribution in [0.4, 0.5) is 0 Å². The number of para-hydroxylation sites is 1. The van der Waals surface area contributed by atoms with Crippen molar-refractivity contribution in [2.75, 3.05) is 13.7 Å². The average molecular weight is 247 g/mol. The van der Waals surface area contributed by atoms with Crippen LogP contribution in [0.3, 0.4) is 0 Å². The Labute approximate surface area is 108 Å². The van der Waals surface area contributed by atoms with Crippen LogP contribution >= 0.6 is 0 Å². The molecular weight excluding hydrogens is 226 g/mol. The summed E-state index contributed by atoms with van der Waals surface area (Å²) in [7, 11) is 1.66. The molecular formula is C15H21NO2. The van der Waals surface area contributed by atoms with Crippen LogP contribution in [-0.4, -0.2) is 13.7 Å². The molecule has 0 saturated heterocycles. The highest BCUT2D eigenvalue weighted by molar-refractivity contribution is 5.83. The molecule has 3 heteroatoms. The Balaban J connectivity index is 2.11. The minimum atomic E-state index is 0.281. The lowest BCUT2D eigenvalue weighted by Gasteiger charge is -2.18. The molecule has 0 unspecified atom stereocenters. The van der Waals surface area contributed by atoms with Crippen molar-refractivity contribution < 1.29 is 9.15 Å². The summed E-state index contributed by atoms with van der Waals surface area (Å²) < 4.78 is 11.1. The summed E-state index contributed by atoms with van der Waals surface area (Å²) in [5.41, 5.74) is 1.11. The van der Waals surface area contributed by atoms with Gasteiger partial charge in [-0.3, -0.25) is 0 Å². The fraction of sp³-hybridized carbons (Fsp3) is 0.467. The van der Waals surface area contributed by atoms with Crippen LogP contribution in [0.2, 0.25) is 0 Å². The van der Waals surface area contributed by atoms with E-state index in [-0.39, 0.29) is 5.41 Å². The normalized spacial score (nSPS) is 12.0. The number of hydrogen-bond donors (Lipinski definition) is 1. The highest BCUT2D eigenvalue weighted by atomic mass is 16.5. The van der Waals surface area contributed by atoms with Crippen molar-refractivity contribution >= 4 is 11.0 Å². The van der Waals surface area contributed by atoms with E-state index in [1.807, 2.05) is 18.2 Å². The fourth-order valence-corrected chi connectivity index (χ4v) is 1.90. The first kappa shape index (κ1) is 13.0. The van der Waals surface area contributed by atoms with Crippen LogP contribution in [-0.2, 0) is 6.54 Å². The zero-order valence-electron chi connectivity index (χ0n) is 11.5. The fourth-order valence-electron chi connectivity index (χ4n) is 1.90. The monoisotopic (exact) mass is 247 g/mol. The van der Waals surface area contributed by atoms with Gasteiger partial charge < -0.3 is 14.5 Å². The predicted octanol–water partition coefficient (Wildman–Crippen LogP) is 3.58. The van der Waals surface area contributed by atoms with E-state index in [0.717, 1.165) is 35.6 Å². The van der Waals surface area contributed by atoms with E-state index < -0.39 is 0 Å². The number of ether oxygens (including phenoxy) is 1. The highest BCUT2D eigenvalue weighted by Gasteiger charge is 2.11. The summed E-state index contributed by atoms with van der Waals surface area (Å²) in [6.45, 7) is 8.33. The molecule has 1 heterocycles. The van der Waals surface area contributed by atoms with Gasteiger partial charge in [0.25, 0.3) is 0 Å². The van der Waals surface area contributed by atoms with Crippen molar-refractivity contribution in [1.82, 2.24) is 5.32 Å². The number of rotatable bonds is 4. The lowest BCUT2D eigenvalue weighted by molar-refractivity contribution is 0.367. The first-order chi connectivity index (χ1) is 8.49. The molecule has 0 aliphatic rings.